The van der Waals surface area contributed by atoms with Gasteiger partial charge in [0.2, 0.25) is 0 Å². The Labute approximate surface area is 110 Å². The highest BCUT2D eigenvalue weighted by molar-refractivity contribution is 6.17. The number of non-ortho nitro benzene ring substituents is 2. The third kappa shape index (κ3) is 6.80. The van der Waals surface area contributed by atoms with Gasteiger partial charge in [-0.25, -0.2) is 0 Å². The number of nitro groups is 2. The Hall–Kier alpha value is -1.69. The lowest BCUT2D eigenvalue weighted by Gasteiger charge is -1.90. The summed E-state index contributed by atoms with van der Waals surface area (Å²) in [5.74, 6) is 0.827. The van der Waals surface area contributed by atoms with Crippen molar-refractivity contribution in [1.29, 1.82) is 0 Å². The summed E-state index contributed by atoms with van der Waals surface area (Å²) in [5, 5.41) is 20.3. The first-order valence-electron chi connectivity index (χ1n) is 5.47. The van der Waals surface area contributed by atoms with Crippen molar-refractivity contribution in [1.82, 2.24) is 0 Å². The standard InChI is InChI=1S/C6H4N2O4.C5H11Cl/c9-7(10)5-2-1-3-6(4-5)8(11)12;1-2-3-4-5-6/h1-4H;2-5H2,1H3. The average molecular weight is 275 g/mol. The van der Waals surface area contributed by atoms with Gasteiger partial charge in [-0.2, -0.15) is 0 Å². The summed E-state index contributed by atoms with van der Waals surface area (Å²) in [6.07, 6.45) is 3.73. The lowest BCUT2D eigenvalue weighted by atomic mass is 10.3. The Bertz CT molecular complexity index is 365. The van der Waals surface area contributed by atoms with Crippen LogP contribution in [0.4, 0.5) is 11.4 Å². The summed E-state index contributed by atoms with van der Waals surface area (Å²) in [4.78, 5) is 19.0. The van der Waals surface area contributed by atoms with Crippen LogP contribution in [-0.2, 0) is 0 Å². The molecule has 0 aliphatic rings. The molecule has 7 heteroatoms. The molecule has 0 saturated carbocycles. The fourth-order valence-corrected chi connectivity index (χ4v) is 1.25. The summed E-state index contributed by atoms with van der Waals surface area (Å²) in [7, 11) is 0. The molecule has 0 bridgehead atoms. The van der Waals surface area contributed by atoms with Crippen LogP contribution in [0.25, 0.3) is 0 Å². The second-order valence-corrected chi connectivity index (χ2v) is 3.81. The van der Waals surface area contributed by atoms with E-state index in [1.54, 1.807) is 0 Å². The maximum Gasteiger partial charge on any atom is 0.276 e. The van der Waals surface area contributed by atoms with Gasteiger partial charge in [-0.15, -0.1) is 11.6 Å². The van der Waals surface area contributed by atoms with Gasteiger partial charge in [0.15, 0.2) is 0 Å². The van der Waals surface area contributed by atoms with Gasteiger partial charge < -0.3 is 0 Å². The quantitative estimate of drug-likeness (QED) is 0.352. The van der Waals surface area contributed by atoms with Crippen LogP contribution in [0.5, 0.6) is 0 Å². The minimum atomic E-state index is -0.674. The molecule has 0 saturated heterocycles. The predicted molar refractivity (Wildman–Crippen MR) is 70.0 cm³/mol. The molecule has 0 aromatic heterocycles. The first-order valence-corrected chi connectivity index (χ1v) is 6.01. The molecular weight excluding hydrogens is 260 g/mol. The van der Waals surface area contributed by atoms with Crippen molar-refractivity contribution in [2.24, 2.45) is 0 Å². The number of benzene rings is 1. The number of hydrogen-bond acceptors (Lipinski definition) is 4. The highest BCUT2D eigenvalue weighted by atomic mass is 35.5. The normalized spacial score (nSPS) is 9.22. The number of nitro benzene ring substituents is 2. The molecule has 1 aromatic carbocycles. The Kier molecular flexibility index (Phi) is 8.47. The van der Waals surface area contributed by atoms with Crippen molar-refractivity contribution in [3.05, 3.63) is 44.5 Å². The second kappa shape index (κ2) is 9.35. The van der Waals surface area contributed by atoms with Crippen molar-refractivity contribution < 1.29 is 9.85 Å². The van der Waals surface area contributed by atoms with Crippen molar-refractivity contribution in [3.63, 3.8) is 0 Å². The summed E-state index contributed by atoms with van der Waals surface area (Å²) >= 11 is 5.38. The van der Waals surface area contributed by atoms with Gasteiger partial charge in [-0.05, 0) is 12.5 Å². The maximum absolute atomic E-state index is 10.2. The van der Waals surface area contributed by atoms with Gasteiger partial charge in [0.05, 0.1) is 15.9 Å². The van der Waals surface area contributed by atoms with E-state index in [2.05, 4.69) is 6.92 Å². The van der Waals surface area contributed by atoms with E-state index in [9.17, 15) is 20.2 Å². The molecule has 0 aliphatic heterocycles. The Morgan fingerprint density at radius 3 is 1.89 bits per heavy atom. The highest BCUT2D eigenvalue weighted by Gasteiger charge is 2.11. The van der Waals surface area contributed by atoms with E-state index in [1.807, 2.05) is 0 Å². The lowest BCUT2D eigenvalue weighted by molar-refractivity contribution is -0.394. The molecule has 6 nitrogen and oxygen atoms in total. The zero-order chi connectivity index (χ0) is 14.0. The lowest BCUT2D eigenvalue weighted by Crippen LogP contribution is -1.91. The van der Waals surface area contributed by atoms with Crippen molar-refractivity contribution in [2.45, 2.75) is 26.2 Å². The Morgan fingerprint density at radius 2 is 1.61 bits per heavy atom. The topological polar surface area (TPSA) is 86.3 Å². The summed E-state index contributed by atoms with van der Waals surface area (Å²) in [5.41, 5.74) is -0.548. The molecule has 0 unspecified atom stereocenters. The fourth-order valence-electron chi connectivity index (χ4n) is 1.06. The smallest absolute Gasteiger partial charge is 0.258 e. The molecular formula is C11H15ClN2O4. The van der Waals surface area contributed by atoms with Crippen LogP contribution in [-0.4, -0.2) is 15.7 Å². The molecule has 0 radical (unpaired) electrons. The third-order valence-electron chi connectivity index (χ3n) is 1.99. The van der Waals surface area contributed by atoms with Crippen LogP contribution in [0, 0.1) is 20.2 Å². The summed E-state index contributed by atoms with van der Waals surface area (Å²) < 4.78 is 0. The molecule has 0 spiro atoms. The van der Waals surface area contributed by atoms with Crippen LogP contribution in [0.15, 0.2) is 24.3 Å². The summed E-state index contributed by atoms with van der Waals surface area (Å²) in [6, 6.07) is 4.59. The molecule has 100 valence electrons. The van der Waals surface area contributed by atoms with E-state index in [1.165, 1.54) is 37.5 Å². The maximum atomic E-state index is 10.2. The fraction of sp³-hybridized carbons (Fsp3) is 0.455. The molecule has 18 heavy (non-hydrogen) atoms. The minimum Gasteiger partial charge on any atom is -0.258 e. The van der Waals surface area contributed by atoms with E-state index >= 15 is 0 Å². The first kappa shape index (κ1) is 16.3. The number of unbranched alkanes of at least 4 members (excludes halogenated alkanes) is 2. The van der Waals surface area contributed by atoms with Crippen LogP contribution in [0.3, 0.4) is 0 Å². The summed E-state index contributed by atoms with van der Waals surface area (Å²) in [6.45, 7) is 2.17. The largest absolute Gasteiger partial charge is 0.276 e. The second-order valence-electron chi connectivity index (χ2n) is 3.43. The zero-order valence-electron chi connectivity index (χ0n) is 10.0. The zero-order valence-corrected chi connectivity index (χ0v) is 10.8. The van der Waals surface area contributed by atoms with E-state index in [0.29, 0.717) is 0 Å². The number of hydrogen-bond donors (Lipinski definition) is 0. The molecule has 1 aromatic rings. The average Bonchev–Trinajstić information content (AvgIpc) is 2.37. The number of nitrogens with zero attached hydrogens (tertiary/aromatic N) is 2. The van der Waals surface area contributed by atoms with Crippen LogP contribution < -0.4 is 0 Å². The van der Waals surface area contributed by atoms with Gasteiger partial charge in [0.1, 0.15) is 0 Å². The Morgan fingerprint density at radius 1 is 1.11 bits per heavy atom. The molecule has 0 amide bonds. The predicted octanol–water partition coefficient (Wildman–Crippen LogP) is 3.92. The monoisotopic (exact) mass is 274 g/mol. The molecule has 0 N–H and O–H groups in total. The van der Waals surface area contributed by atoms with Gasteiger partial charge in [0.25, 0.3) is 11.4 Å². The van der Waals surface area contributed by atoms with E-state index in [0.717, 1.165) is 11.9 Å². The van der Waals surface area contributed by atoms with Crippen molar-refractivity contribution in [2.75, 3.05) is 5.88 Å². The minimum absolute atomic E-state index is 0.274. The molecule has 0 fully saturated rings. The van der Waals surface area contributed by atoms with E-state index < -0.39 is 9.85 Å². The van der Waals surface area contributed by atoms with Gasteiger partial charge in [-0.3, -0.25) is 20.2 Å². The van der Waals surface area contributed by atoms with Crippen LogP contribution in [0.2, 0.25) is 0 Å². The van der Waals surface area contributed by atoms with Crippen LogP contribution >= 0.6 is 11.6 Å². The number of rotatable bonds is 5. The third-order valence-corrected chi connectivity index (χ3v) is 2.26. The van der Waals surface area contributed by atoms with Gasteiger partial charge in [0, 0.05) is 18.0 Å². The first-order chi connectivity index (χ1) is 8.52. The number of alkyl halides is 1. The molecule has 0 heterocycles. The van der Waals surface area contributed by atoms with E-state index in [-0.39, 0.29) is 11.4 Å². The molecule has 1 rings (SSSR count). The number of halogens is 1. The molecule has 0 aliphatic carbocycles. The van der Waals surface area contributed by atoms with Gasteiger partial charge in [-0.1, -0.05) is 19.8 Å². The highest BCUT2D eigenvalue weighted by Crippen LogP contribution is 2.18. The Balaban J connectivity index is 0.000000411. The van der Waals surface area contributed by atoms with E-state index in [4.69, 9.17) is 11.6 Å². The van der Waals surface area contributed by atoms with Gasteiger partial charge >= 0.3 is 0 Å². The molecule has 0 atom stereocenters. The van der Waals surface area contributed by atoms with Crippen LogP contribution in [0.1, 0.15) is 26.2 Å². The van der Waals surface area contributed by atoms with Crippen molar-refractivity contribution >= 4 is 23.0 Å². The van der Waals surface area contributed by atoms with Crippen molar-refractivity contribution in [3.8, 4) is 0 Å². The SMILES string of the molecule is CCCCCCl.O=[N+]([O-])c1cccc([N+](=O)[O-])c1.